The first-order valence-corrected chi connectivity index (χ1v) is 12.0. The number of aryl methyl sites for hydroxylation is 1. The van der Waals surface area contributed by atoms with Gasteiger partial charge in [0, 0.05) is 19.1 Å². The predicted molar refractivity (Wildman–Crippen MR) is 134 cm³/mol. The lowest BCUT2D eigenvalue weighted by Crippen LogP contribution is -2.50. The summed E-state index contributed by atoms with van der Waals surface area (Å²) in [5.74, 6) is 1.08. The van der Waals surface area contributed by atoms with E-state index in [1.54, 1.807) is 0 Å². The van der Waals surface area contributed by atoms with Crippen LogP contribution in [0.5, 0.6) is 0 Å². The van der Waals surface area contributed by atoms with E-state index >= 15 is 0 Å². The third kappa shape index (κ3) is 7.08. The van der Waals surface area contributed by atoms with Crippen LogP contribution in [-0.2, 0) is 11.2 Å². The smallest absolute Gasteiger partial charge is 0.239 e. The van der Waals surface area contributed by atoms with Crippen LogP contribution in [0.4, 0.5) is 0 Å². The molecule has 176 valence electrons. The van der Waals surface area contributed by atoms with E-state index < -0.39 is 0 Å². The van der Waals surface area contributed by atoms with Crippen LogP contribution in [0.2, 0.25) is 0 Å². The Hall–Kier alpha value is -0.810. The first-order valence-electron chi connectivity index (χ1n) is 12.0. The first kappa shape index (κ1) is 26.4. The van der Waals surface area contributed by atoms with Crippen molar-refractivity contribution in [1.82, 2.24) is 15.1 Å². The number of halogens is 2. The van der Waals surface area contributed by atoms with Gasteiger partial charge in [-0.1, -0.05) is 37.1 Å². The molecule has 4 rings (SSSR count). The average Bonchev–Trinajstić information content (AvgIpc) is 3.46. The standard InChI is InChI=1S/C25H39N3O.2ClH/c1-20-7-2-3-8-22(20)14-18-27-16-12-21(13-17-27)19-28(23-9-4-5-10-23)25(29)24-11-6-15-26-24;;/h2-3,7-8,21,23-24,26H,4-6,9-19H2,1H3;2*1H/t24-;;/m0../s1. The highest BCUT2D eigenvalue weighted by Crippen LogP contribution is 2.28. The van der Waals surface area contributed by atoms with Crippen molar-refractivity contribution < 1.29 is 4.79 Å². The Bertz CT molecular complexity index is 666. The molecule has 4 nitrogen and oxygen atoms in total. The quantitative estimate of drug-likeness (QED) is 0.632. The molecule has 0 unspecified atom stereocenters. The maximum atomic E-state index is 13.2. The highest BCUT2D eigenvalue weighted by Gasteiger charge is 2.34. The highest BCUT2D eigenvalue weighted by molar-refractivity contribution is 5.85. The van der Waals surface area contributed by atoms with Crippen LogP contribution in [0.25, 0.3) is 0 Å². The number of hydrogen-bond acceptors (Lipinski definition) is 3. The number of carbonyl (C=O) groups excluding carboxylic acids is 1. The fraction of sp³-hybridized carbons (Fsp3) is 0.720. The zero-order valence-corrected chi connectivity index (χ0v) is 20.7. The SMILES string of the molecule is Cc1ccccc1CCN1CCC(CN(C(=O)[C@@H]2CCCN2)C2CCCC2)CC1.Cl.Cl. The normalized spacial score (nSPS) is 22.7. The van der Waals surface area contributed by atoms with Gasteiger partial charge in [-0.2, -0.15) is 0 Å². The fourth-order valence-electron chi connectivity index (χ4n) is 5.57. The van der Waals surface area contributed by atoms with Gasteiger partial charge in [0.25, 0.3) is 0 Å². The van der Waals surface area contributed by atoms with Gasteiger partial charge in [-0.25, -0.2) is 0 Å². The van der Waals surface area contributed by atoms with Crippen LogP contribution in [-0.4, -0.2) is 60.5 Å². The Balaban J connectivity index is 0.00000171. The average molecular weight is 471 g/mol. The molecular formula is C25H41Cl2N3O. The van der Waals surface area contributed by atoms with Crippen molar-refractivity contribution in [1.29, 1.82) is 0 Å². The van der Waals surface area contributed by atoms with Crippen molar-refractivity contribution in [3.8, 4) is 0 Å². The van der Waals surface area contributed by atoms with E-state index in [9.17, 15) is 4.79 Å². The lowest BCUT2D eigenvalue weighted by molar-refractivity contribution is -0.136. The molecule has 0 aromatic heterocycles. The number of nitrogens with one attached hydrogen (secondary N) is 1. The molecule has 0 spiro atoms. The minimum atomic E-state index is 0. The van der Waals surface area contributed by atoms with Gasteiger partial charge in [-0.15, -0.1) is 24.8 Å². The molecule has 6 heteroatoms. The van der Waals surface area contributed by atoms with Gasteiger partial charge in [0.2, 0.25) is 5.91 Å². The Labute approximate surface area is 201 Å². The second-order valence-electron chi connectivity index (χ2n) is 9.54. The molecule has 2 saturated heterocycles. The van der Waals surface area contributed by atoms with E-state index in [4.69, 9.17) is 0 Å². The molecule has 1 saturated carbocycles. The first-order chi connectivity index (χ1) is 14.2. The summed E-state index contributed by atoms with van der Waals surface area (Å²) >= 11 is 0. The molecule has 1 atom stereocenters. The van der Waals surface area contributed by atoms with Crippen molar-refractivity contribution in [2.75, 3.05) is 32.7 Å². The van der Waals surface area contributed by atoms with Crippen molar-refractivity contribution in [3.63, 3.8) is 0 Å². The van der Waals surface area contributed by atoms with Gasteiger partial charge in [0.1, 0.15) is 0 Å². The lowest BCUT2D eigenvalue weighted by atomic mass is 9.94. The minimum Gasteiger partial charge on any atom is -0.338 e. The van der Waals surface area contributed by atoms with Crippen LogP contribution in [0.15, 0.2) is 24.3 Å². The molecule has 3 fully saturated rings. The van der Waals surface area contributed by atoms with Gasteiger partial charge < -0.3 is 15.1 Å². The van der Waals surface area contributed by atoms with E-state index in [-0.39, 0.29) is 30.9 Å². The van der Waals surface area contributed by atoms with E-state index in [0.29, 0.717) is 17.9 Å². The number of benzene rings is 1. The Morgan fingerprint density at radius 1 is 1.03 bits per heavy atom. The fourth-order valence-corrected chi connectivity index (χ4v) is 5.57. The summed E-state index contributed by atoms with van der Waals surface area (Å²) in [6.45, 7) is 7.75. The number of amides is 1. The Morgan fingerprint density at radius 2 is 1.74 bits per heavy atom. The van der Waals surface area contributed by atoms with Gasteiger partial charge in [0.15, 0.2) is 0 Å². The third-order valence-electron chi connectivity index (χ3n) is 7.53. The molecule has 1 aromatic rings. The van der Waals surface area contributed by atoms with Gasteiger partial charge in [-0.05, 0) is 88.5 Å². The van der Waals surface area contributed by atoms with Crippen LogP contribution in [0.3, 0.4) is 0 Å². The van der Waals surface area contributed by atoms with Crippen LogP contribution >= 0.6 is 24.8 Å². The maximum Gasteiger partial charge on any atom is 0.239 e. The van der Waals surface area contributed by atoms with E-state index in [1.807, 2.05) is 0 Å². The van der Waals surface area contributed by atoms with Crippen LogP contribution < -0.4 is 5.32 Å². The van der Waals surface area contributed by atoms with Crippen LogP contribution in [0.1, 0.15) is 62.5 Å². The van der Waals surface area contributed by atoms with Gasteiger partial charge >= 0.3 is 0 Å². The summed E-state index contributed by atoms with van der Waals surface area (Å²) in [5, 5.41) is 3.44. The van der Waals surface area contributed by atoms with Crippen molar-refractivity contribution in [2.45, 2.75) is 76.8 Å². The predicted octanol–water partition coefficient (Wildman–Crippen LogP) is 4.62. The lowest BCUT2D eigenvalue weighted by Gasteiger charge is -2.38. The topological polar surface area (TPSA) is 35.6 Å². The zero-order valence-electron chi connectivity index (χ0n) is 19.1. The summed E-state index contributed by atoms with van der Waals surface area (Å²) in [6.07, 6.45) is 10.8. The van der Waals surface area contributed by atoms with Gasteiger partial charge in [-0.3, -0.25) is 4.79 Å². The summed E-state index contributed by atoms with van der Waals surface area (Å²) in [7, 11) is 0. The van der Waals surface area contributed by atoms with E-state index in [0.717, 1.165) is 38.9 Å². The van der Waals surface area contributed by atoms with Gasteiger partial charge in [0.05, 0.1) is 6.04 Å². The molecular weight excluding hydrogens is 429 g/mol. The summed E-state index contributed by atoms with van der Waals surface area (Å²) in [5.41, 5.74) is 2.89. The summed E-state index contributed by atoms with van der Waals surface area (Å²) < 4.78 is 0. The number of nitrogens with zero attached hydrogens (tertiary/aromatic N) is 2. The molecule has 31 heavy (non-hydrogen) atoms. The molecule has 2 aliphatic heterocycles. The second-order valence-corrected chi connectivity index (χ2v) is 9.54. The number of carbonyl (C=O) groups is 1. The Morgan fingerprint density at radius 3 is 2.39 bits per heavy atom. The van der Waals surface area contributed by atoms with Crippen LogP contribution in [0, 0.1) is 12.8 Å². The van der Waals surface area contributed by atoms with E-state index in [1.165, 1.54) is 62.7 Å². The third-order valence-corrected chi connectivity index (χ3v) is 7.53. The molecule has 1 aliphatic carbocycles. The summed E-state index contributed by atoms with van der Waals surface area (Å²) in [6, 6.07) is 9.36. The molecule has 0 radical (unpaired) electrons. The molecule has 2 heterocycles. The Kier molecular flexibility index (Phi) is 11.1. The van der Waals surface area contributed by atoms with Crippen molar-refractivity contribution >= 4 is 30.7 Å². The zero-order chi connectivity index (χ0) is 20.1. The number of rotatable bonds is 7. The molecule has 1 aromatic carbocycles. The summed E-state index contributed by atoms with van der Waals surface area (Å²) in [4.78, 5) is 18.2. The maximum absolute atomic E-state index is 13.2. The number of piperidine rings is 1. The number of hydrogen-bond donors (Lipinski definition) is 1. The molecule has 0 bridgehead atoms. The highest BCUT2D eigenvalue weighted by atomic mass is 35.5. The largest absolute Gasteiger partial charge is 0.338 e. The monoisotopic (exact) mass is 469 g/mol. The van der Waals surface area contributed by atoms with Crippen molar-refractivity contribution in [2.24, 2.45) is 5.92 Å². The second kappa shape index (κ2) is 13.0. The van der Waals surface area contributed by atoms with E-state index in [2.05, 4.69) is 46.3 Å². The van der Waals surface area contributed by atoms with Crippen molar-refractivity contribution in [3.05, 3.63) is 35.4 Å². The molecule has 1 N–H and O–H groups in total. The number of likely N-dealkylation sites (tertiary alicyclic amines) is 1. The minimum absolute atomic E-state index is 0. The molecule has 3 aliphatic rings. The molecule has 1 amide bonds.